The number of likely N-dealkylation sites (tertiary alicyclic amines) is 1. The zero-order chi connectivity index (χ0) is 20.4. The standard InChI is InChI=1S/C24H27N3O2/c1-25-15-13-20(14-16-25)26(2)22-21(19-11-7-4-8-12-19)23(28)27(24(22)29)17-18-9-5-3-6-10-18/h3-12,20H,13-17H2,1-2H3. The van der Waals surface area contributed by atoms with E-state index >= 15 is 0 Å². The second-order valence-corrected chi connectivity index (χ2v) is 7.92. The molecule has 0 atom stereocenters. The first-order valence-corrected chi connectivity index (χ1v) is 10.2. The summed E-state index contributed by atoms with van der Waals surface area (Å²) < 4.78 is 0. The second kappa shape index (κ2) is 8.21. The van der Waals surface area contributed by atoms with Crippen LogP contribution >= 0.6 is 0 Å². The Bertz CT molecular complexity index is 916. The highest BCUT2D eigenvalue weighted by molar-refractivity contribution is 6.35. The zero-order valence-electron chi connectivity index (χ0n) is 17.0. The Hall–Kier alpha value is -2.92. The van der Waals surface area contributed by atoms with E-state index in [0.29, 0.717) is 17.8 Å². The highest BCUT2D eigenvalue weighted by atomic mass is 16.2. The molecule has 2 amide bonds. The Morgan fingerprint density at radius 2 is 1.48 bits per heavy atom. The number of hydrogen-bond donors (Lipinski definition) is 0. The minimum absolute atomic E-state index is 0.195. The molecule has 1 fully saturated rings. The molecule has 5 heteroatoms. The van der Waals surface area contributed by atoms with Crippen LogP contribution in [0.1, 0.15) is 24.0 Å². The van der Waals surface area contributed by atoms with Crippen LogP contribution in [0.4, 0.5) is 0 Å². The van der Waals surface area contributed by atoms with Crippen molar-refractivity contribution < 1.29 is 9.59 Å². The maximum absolute atomic E-state index is 13.4. The molecule has 0 bridgehead atoms. The fourth-order valence-corrected chi connectivity index (χ4v) is 4.23. The summed E-state index contributed by atoms with van der Waals surface area (Å²) in [5.74, 6) is -0.404. The van der Waals surface area contributed by atoms with Crippen molar-refractivity contribution in [2.24, 2.45) is 0 Å². The SMILES string of the molecule is CN1CCC(N(C)C2=C(c3ccccc3)C(=O)N(Cc3ccccc3)C2=O)CC1. The zero-order valence-corrected chi connectivity index (χ0v) is 17.0. The van der Waals surface area contributed by atoms with Crippen LogP contribution in [0.2, 0.25) is 0 Å². The van der Waals surface area contributed by atoms with Crippen LogP contribution < -0.4 is 0 Å². The molecule has 1 saturated heterocycles. The number of nitrogens with zero attached hydrogens (tertiary/aromatic N) is 3. The Morgan fingerprint density at radius 1 is 0.897 bits per heavy atom. The van der Waals surface area contributed by atoms with Crippen LogP contribution in [-0.2, 0) is 16.1 Å². The minimum Gasteiger partial charge on any atom is -0.366 e. The fourth-order valence-electron chi connectivity index (χ4n) is 4.23. The largest absolute Gasteiger partial charge is 0.366 e. The summed E-state index contributed by atoms with van der Waals surface area (Å²) in [7, 11) is 4.09. The van der Waals surface area contributed by atoms with Crippen molar-refractivity contribution in [3.05, 3.63) is 77.5 Å². The van der Waals surface area contributed by atoms with Crippen molar-refractivity contribution in [2.45, 2.75) is 25.4 Å². The Labute approximate surface area is 172 Å². The van der Waals surface area contributed by atoms with Crippen molar-refractivity contribution in [1.82, 2.24) is 14.7 Å². The molecule has 0 radical (unpaired) electrons. The van der Waals surface area contributed by atoms with Crippen LogP contribution in [0.3, 0.4) is 0 Å². The molecule has 29 heavy (non-hydrogen) atoms. The van der Waals surface area contributed by atoms with Crippen molar-refractivity contribution in [3.8, 4) is 0 Å². The first-order chi connectivity index (χ1) is 14.1. The number of rotatable bonds is 5. The van der Waals surface area contributed by atoms with E-state index in [-0.39, 0.29) is 17.9 Å². The number of amides is 2. The maximum atomic E-state index is 13.4. The third-order valence-electron chi connectivity index (χ3n) is 5.98. The normalized spacial score (nSPS) is 18.6. The Kier molecular flexibility index (Phi) is 5.49. The molecule has 0 spiro atoms. The third kappa shape index (κ3) is 3.83. The summed E-state index contributed by atoms with van der Waals surface area (Å²) in [4.78, 5) is 32.6. The molecule has 5 nitrogen and oxygen atoms in total. The molecule has 2 aromatic rings. The Balaban J connectivity index is 1.70. The van der Waals surface area contributed by atoms with Gasteiger partial charge < -0.3 is 9.80 Å². The van der Waals surface area contributed by atoms with Crippen LogP contribution in [0.25, 0.3) is 5.57 Å². The average Bonchev–Trinajstić information content (AvgIpc) is 3.00. The van der Waals surface area contributed by atoms with Gasteiger partial charge in [0.2, 0.25) is 0 Å². The molecule has 0 saturated carbocycles. The van der Waals surface area contributed by atoms with Crippen molar-refractivity contribution in [3.63, 3.8) is 0 Å². The first-order valence-electron chi connectivity index (χ1n) is 10.2. The lowest BCUT2D eigenvalue weighted by Gasteiger charge is -2.36. The van der Waals surface area contributed by atoms with E-state index in [4.69, 9.17) is 0 Å². The van der Waals surface area contributed by atoms with Gasteiger partial charge in [0.25, 0.3) is 11.8 Å². The number of carbonyl (C=O) groups excluding carboxylic acids is 2. The monoisotopic (exact) mass is 389 g/mol. The van der Waals surface area contributed by atoms with E-state index < -0.39 is 0 Å². The summed E-state index contributed by atoms with van der Waals surface area (Å²) >= 11 is 0. The summed E-state index contributed by atoms with van der Waals surface area (Å²) in [6.45, 7) is 2.29. The summed E-state index contributed by atoms with van der Waals surface area (Å²) in [5, 5.41) is 0. The average molecular weight is 389 g/mol. The Morgan fingerprint density at radius 3 is 2.10 bits per heavy atom. The predicted molar refractivity (Wildman–Crippen MR) is 114 cm³/mol. The molecule has 0 unspecified atom stereocenters. The molecule has 0 aromatic heterocycles. The number of hydrogen-bond acceptors (Lipinski definition) is 4. The molecule has 2 aliphatic rings. The van der Waals surface area contributed by atoms with Gasteiger partial charge >= 0.3 is 0 Å². The number of carbonyl (C=O) groups is 2. The molecular formula is C24H27N3O2. The molecular weight excluding hydrogens is 362 g/mol. The lowest BCUT2D eigenvalue weighted by Crippen LogP contribution is -2.43. The number of likely N-dealkylation sites (N-methyl/N-ethyl adjacent to an activating group) is 1. The smallest absolute Gasteiger partial charge is 0.278 e. The van der Waals surface area contributed by atoms with Gasteiger partial charge in [0.05, 0.1) is 12.1 Å². The molecule has 2 aromatic carbocycles. The minimum atomic E-state index is -0.208. The van der Waals surface area contributed by atoms with Gasteiger partial charge in [-0.25, -0.2) is 0 Å². The van der Waals surface area contributed by atoms with E-state index in [1.807, 2.05) is 67.7 Å². The number of imide groups is 1. The van der Waals surface area contributed by atoms with E-state index in [9.17, 15) is 9.59 Å². The summed E-state index contributed by atoms with van der Waals surface area (Å²) in [6, 6.07) is 19.5. The third-order valence-corrected chi connectivity index (χ3v) is 5.98. The highest BCUT2D eigenvalue weighted by Gasteiger charge is 2.42. The van der Waals surface area contributed by atoms with Crippen LogP contribution in [0, 0.1) is 0 Å². The molecule has 0 aliphatic carbocycles. The van der Waals surface area contributed by atoms with Crippen LogP contribution in [0.5, 0.6) is 0 Å². The van der Waals surface area contributed by atoms with Gasteiger partial charge in [0.1, 0.15) is 5.70 Å². The predicted octanol–water partition coefficient (Wildman–Crippen LogP) is 2.99. The van der Waals surface area contributed by atoms with Gasteiger partial charge in [-0.2, -0.15) is 0 Å². The lowest BCUT2D eigenvalue weighted by molar-refractivity contribution is -0.138. The van der Waals surface area contributed by atoms with Gasteiger partial charge in [-0.05, 0) is 44.1 Å². The van der Waals surface area contributed by atoms with Crippen LogP contribution in [0.15, 0.2) is 66.4 Å². The molecule has 150 valence electrons. The highest BCUT2D eigenvalue weighted by Crippen LogP contribution is 2.34. The number of piperidine rings is 1. The summed E-state index contributed by atoms with van der Waals surface area (Å²) in [6.07, 6.45) is 1.97. The van der Waals surface area contributed by atoms with E-state index in [0.717, 1.165) is 37.1 Å². The molecule has 0 N–H and O–H groups in total. The number of benzene rings is 2. The van der Waals surface area contributed by atoms with Gasteiger partial charge in [-0.3, -0.25) is 14.5 Å². The van der Waals surface area contributed by atoms with Gasteiger partial charge in [-0.15, -0.1) is 0 Å². The molecule has 2 aliphatic heterocycles. The fraction of sp³-hybridized carbons (Fsp3) is 0.333. The van der Waals surface area contributed by atoms with E-state index in [2.05, 4.69) is 16.8 Å². The van der Waals surface area contributed by atoms with Gasteiger partial charge in [-0.1, -0.05) is 60.7 Å². The lowest BCUT2D eigenvalue weighted by atomic mass is 10.0. The van der Waals surface area contributed by atoms with E-state index in [1.54, 1.807) is 0 Å². The summed E-state index contributed by atoms with van der Waals surface area (Å²) in [5.41, 5.74) is 2.81. The first kappa shape index (κ1) is 19.4. The van der Waals surface area contributed by atoms with Gasteiger partial charge in [0, 0.05) is 13.1 Å². The molecule has 2 heterocycles. The second-order valence-electron chi connectivity index (χ2n) is 7.92. The topological polar surface area (TPSA) is 43.9 Å². The van der Waals surface area contributed by atoms with Gasteiger partial charge in [0.15, 0.2) is 0 Å². The van der Waals surface area contributed by atoms with Crippen LogP contribution in [-0.4, -0.2) is 59.7 Å². The van der Waals surface area contributed by atoms with Crippen molar-refractivity contribution in [1.29, 1.82) is 0 Å². The van der Waals surface area contributed by atoms with E-state index in [1.165, 1.54) is 4.90 Å². The van der Waals surface area contributed by atoms with Crippen molar-refractivity contribution in [2.75, 3.05) is 27.2 Å². The van der Waals surface area contributed by atoms with Crippen molar-refractivity contribution >= 4 is 17.4 Å². The molecule has 4 rings (SSSR count). The maximum Gasteiger partial charge on any atom is 0.278 e. The quantitative estimate of drug-likeness (QED) is 0.738.